The number of azo groups is 1. The summed E-state index contributed by atoms with van der Waals surface area (Å²) in [6.07, 6.45) is 1.85. The van der Waals surface area contributed by atoms with Gasteiger partial charge in [0.25, 0.3) is 5.56 Å². The normalized spacial score (nSPS) is 17.6. The molecular formula is C27H24N8O3S. The fourth-order valence-corrected chi connectivity index (χ4v) is 5.43. The Hall–Kier alpha value is -4.84. The lowest BCUT2D eigenvalue weighted by Crippen LogP contribution is -2.30. The Morgan fingerprint density at radius 3 is 2.62 bits per heavy atom. The maximum atomic E-state index is 13.0. The first-order chi connectivity index (χ1) is 19.0. The van der Waals surface area contributed by atoms with Crippen molar-refractivity contribution in [2.45, 2.75) is 31.7 Å². The maximum Gasteiger partial charge on any atom is 0.294 e. The van der Waals surface area contributed by atoms with Crippen LogP contribution < -0.4 is 16.3 Å². The van der Waals surface area contributed by atoms with E-state index in [2.05, 4.69) is 36.2 Å². The summed E-state index contributed by atoms with van der Waals surface area (Å²) in [5, 5.41) is 30.7. The number of aromatic hydroxyl groups is 1. The quantitative estimate of drug-likeness (QED) is 0.202. The molecule has 1 aliphatic heterocycles. The van der Waals surface area contributed by atoms with Crippen LogP contribution in [-0.4, -0.2) is 31.5 Å². The van der Waals surface area contributed by atoms with Crippen LogP contribution >= 0.6 is 11.3 Å². The lowest BCUT2D eigenvalue weighted by Gasteiger charge is -2.35. The number of anilines is 1. The Bertz CT molecular complexity index is 1670. The van der Waals surface area contributed by atoms with E-state index >= 15 is 0 Å². The number of hydrogen-bond acceptors (Lipinski definition) is 9. The zero-order chi connectivity index (χ0) is 26.8. The van der Waals surface area contributed by atoms with Gasteiger partial charge in [-0.2, -0.15) is 10.2 Å². The Kier molecular flexibility index (Phi) is 6.59. The van der Waals surface area contributed by atoms with Gasteiger partial charge < -0.3 is 10.4 Å². The number of thiazole rings is 1. The van der Waals surface area contributed by atoms with E-state index in [4.69, 9.17) is 0 Å². The van der Waals surface area contributed by atoms with E-state index in [-0.39, 0.29) is 35.5 Å². The highest BCUT2D eigenvalue weighted by molar-refractivity contribution is 7.09. The second kappa shape index (κ2) is 10.5. The lowest BCUT2D eigenvalue weighted by molar-refractivity contribution is -0.120. The van der Waals surface area contributed by atoms with E-state index in [1.165, 1.54) is 16.7 Å². The molecule has 2 aromatic heterocycles. The van der Waals surface area contributed by atoms with Gasteiger partial charge in [-0.05, 0) is 36.1 Å². The number of nitrogens with zero attached hydrogens (tertiary/aromatic N) is 5. The minimum Gasteiger partial charge on any atom is -0.493 e. The number of aromatic amines is 1. The summed E-state index contributed by atoms with van der Waals surface area (Å²) in [4.78, 5) is 29.3. The number of hydrogen-bond donors (Lipinski definition) is 4. The average Bonchev–Trinajstić information content (AvgIpc) is 3.51. The molecule has 0 saturated heterocycles. The zero-order valence-corrected chi connectivity index (χ0v) is 21.5. The fraction of sp³-hybridized carbons (Fsp3) is 0.185. The number of benzene rings is 2. The maximum absolute atomic E-state index is 13.0. The number of carbonyl (C=O) groups excluding carboxylic acids is 1. The Labute approximate surface area is 226 Å². The van der Waals surface area contributed by atoms with Gasteiger partial charge in [0.15, 0.2) is 11.5 Å². The third kappa shape index (κ3) is 5.14. The van der Waals surface area contributed by atoms with Crippen LogP contribution in [0.1, 0.15) is 35.9 Å². The van der Waals surface area contributed by atoms with Crippen molar-refractivity contribution in [1.82, 2.24) is 20.2 Å². The van der Waals surface area contributed by atoms with Crippen molar-refractivity contribution < 1.29 is 9.90 Å². The number of amides is 1. The molecule has 12 heteroatoms. The highest BCUT2D eigenvalue weighted by atomic mass is 32.1. The summed E-state index contributed by atoms with van der Waals surface area (Å²) >= 11 is 1.22. The number of allylic oxidation sites excluding steroid dienone is 2. The first-order valence-electron chi connectivity index (χ1n) is 12.4. The van der Waals surface area contributed by atoms with Gasteiger partial charge >= 0.3 is 0 Å². The summed E-state index contributed by atoms with van der Waals surface area (Å²) in [6, 6.07) is 18.9. The molecule has 4 aromatic rings. The van der Waals surface area contributed by atoms with Gasteiger partial charge in [0.2, 0.25) is 11.8 Å². The molecule has 1 amide bonds. The minimum atomic E-state index is -0.340. The van der Waals surface area contributed by atoms with Crippen molar-refractivity contribution in [3.63, 3.8) is 0 Å². The van der Waals surface area contributed by atoms with Gasteiger partial charge in [-0.1, -0.05) is 48.5 Å². The third-order valence-corrected chi connectivity index (χ3v) is 7.37. The largest absolute Gasteiger partial charge is 0.493 e. The topological polar surface area (TPSA) is 149 Å². The van der Waals surface area contributed by atoms with Gasteiger partial charge in [0.05, 0.1) is 17.5 Å². The molecule has 1 aliphatic carbocycles. The highest BCUT2D eigenvalue weighted by Gasteiger charge is 2.35. The van der Waals surface area contributed by atoms with E-state index in [0.717, 1.165) is 22.5 Å². The molecule has 0 radical (unpaired) electrons. The monoisotopic (exact) mass is 540 g/mol. The number of hydrazone groups is 1. The van der Waals surface area contributed by atoms with E-state index in [1.54, 1.807) is 4.68 Å². The summed E-state index contributed by atoms with van der Waals surface area (Å²) in [7, 11) is 0. The van der Waals surface area contributed by atoms with Crippen LogP contribution in [0.25, 0.3) is 0 Å². The van der Waals surface area contributed by atoms with E-state index in [0.29, 0.717) is 35.8 Å². The number of fused-ring (bicyclic) bond motifs is 1. The van der Waals surface area contributed by atoms with Gasteiger partial charge in [0.1, 0.15) is 11.0 Å². The van der Waals surface area contributed by atoms with Crippen molar-refractivity contribution in [3.05, 3.63) is 98.2 Å². The van der Waals surface area contributed by atoms with Crippen LogP contribution in [0.5, 0.6) is 5.88 Å². The molecule has 196 valence electrons. The second-order valence-corrected chi connectivity index (χ2v) is 10.1. The molecule has 0 spiro atoms. The molecule has 3 heterocycles. The Morgan fingerprint density at radius 2 is 1.87 bits per heavy atom. The standard InChI is InChI=1S/C27H24N8O3S/c36-21(14-23-29-22(37)15-39-23)32-31-18-11-12-20-19(13-18)25(16-7-3-1-4-8-16)35-26(28-20)24(27(38)34-35)33-30-17-9-5-2-6-10-17/h1-10,15,25,28,37H,11-14H2,(H,32,36)(H,34,38). The van der Waals surface area contributed by atoms with Crippen molar-refractivity contribution in [2.75, 3.05) is 5.32 Å². The molecule has 2 aromatic carbocycles. The molecule has 1 unspecified atom stereocenters. The van der Waals surface area contributed by atoms with Crippen LogP contribution in [0, 0.1) is 0 Å². The number of H-pyrrole nitrogens is 1. The lowest BCUT2D eigenvalue weighted by atomic mass is 9.85. The second-order valence-electron chi connectivity index (χ2n) is 9.15. The molecule has 39 heavy (non-hydrogen) atoms. The average molecular weight is 541 g/mol. The van der Waals surface area contributed by atoms with Crippen LogP contribution in [0.15, 0.2) is 97.4 Å². The van der Waals surface area contributed by atoms with E-state index in [1.807, 2.05) is 60.7 Å². The van der Waals surface area contributed by atoms with Crippen molar-refractivity contribution >= 4 is 40.1 Å². The predicted molar refractivity (Wildman–Crippen MR) is 148 cm³/mol. The van der Waals surface area contributed by atoms with Gasteiger partial charge in [-0.25, -0.2) is 10.4 Å². The molecular weight excluding hydrogens is 516 g/mol. The zero-order valence-electron chi connectivity index (χ0n) is 20.7. The first-order valence-corrected chi connectivity index (χ1v) is 13.3. The molecule has 2 aliphatic rings. The van der Waals surface area contributed by atoms with Gasteiger partial charge in [-0.3, -0.25) is 19.4 Å². The Balaban J connectivity index is 1.29. The summed E-state index contributed by atoms with van der Waals surface area (Å²) < 4.78 is 1.80. The van der Waals surface area contributed by atoms with Crippen molar-refractivity contribution in [2.24, 2.45) is 15.3 Å². The molecule has 11 nitrogen and oxygen atoms in total. The number of nitrogens with one attached hydrogen (secondary N) is 3. The molecule has 0 saturated carbocycles. The van der Waals surface area contributed by atoms with Crippen LogP contribution in [-0.2, 0) is 11.2 Å². The summed E-state index contributed by atoms with van der Waals surface area (Å²) in [5.74, 6) is 0.167. The first kappa shape index (κ1) is 24.5. The summed E-state index contributed by atoms with van der Waals surface area (Å²) in [5.41, 5.74) is 7.03. The Morgan fingerprint density at radius 1 is 1.10 bits per heavy atom. The van der Waals surface area contributed by atoms with E-state index < -0.39 is 0 Å². The highest BCUT2D eigenvalue weighted by Crippen LogP contribution is 2.43. The van der Waals surface area contributed by atoms with Crippen LogP contribution in [0.2, 0.25) is 0 Å². The minimum absolute atomic E-state index is 0.0401. The van der Waals surface area contributed by atoms with Crippen LogP contribution in [0.3, 0.4) is 0 Å². The smallest absolute Gasteiger partial charge is 0.294 e. The predicted octanol–water partition coefficient (Wildman–Crippen LogP) is 4.92. The SMILES string of the molecule is O=C(Cc1nc(O)cs1)NN=C1CCC2=C(C1)C(c1ccccc1)n1[nH]c(=O)c(N=Nc3ccccc3)c1N2. The fourth-order valence-electron chi connectivity index (χ4n) is 4.78. The number of carbonyl (C=O) groups is 1. The number of rotatable bonds is 6. The van der Waals surface area contributed by atoms with Crippen molar-refractivity contribution in [3.8, 4) is 5.88 Å². The third-order valence-electron chi connectivity index (χ3n) is 6.53. The number of aromatic nitrogens is 3. The van der Waals surface area contributed by atoms with Gasteiger partial charge in [0, 0.05) is 17.8 Å². The van der Waals surface area contributed by atoms with Crippen LogP contribution in [0.4, 0.5) is 17.2 Å². The van der Waals surface area contributed by atoms with Crippen molar-refractivity contribution in [1.29, 1.82) is 0 Å². The van der Waals surface area contributed by atoms with E-state index in [9.17, 15) is 14.7 Å². The molecule has 4 N–H and O–H groups in total. The summed E-state index contributed by atoms with van der Waals surface area (Å²) in [6.45, 7) is 0. The molecule has 0 bridgehead atoms. The van der Waals surface area contributed by atoms with Gasteiger partial charge in [-0.15, -0.1) is 16.5 Å². The molecule has 6 rings (SSSR count). The molecule has 1 atom stereocenters. The molecule has 0 fully saturated rings.